The lowest BCUT2D eigenvalue weighted by molar-refractivity contribution is -0.211. The zero-order valence-electron chi connectivity index (χ0n) is 7.29. The molecule has 0 atom stereocenters. The van der Waals surface area contributed by atoms with Crippen LogP contribution in [0.1, 0.15) is 25.7 Å². The molecule has 12 heavy (non-hydrogen) atoms. The number of ether oxygens (including phenoxy) is 1. The maximum absolute atomic E-state index is 9.76. The fourth-order valence-electron chi connectivity index (χ4n) is 1.53. The first-order chi connectivity index (χ1) is 5.47. The Hall–Kier alpha value is -0.160. The van der Waals surface area contributed by atoms with Gasteiger partial charge in [-0.15, -0.1) is 0 Å². The third kappa shape index (κ3) is 2.42. The van der Waals surface area contributed by atoms with Crippen molar-refractivity contribution in [2.24, 2.45) is 0 Å². The van der Waals surface area contributed by atoms with Crippen LogP contribution < -0.4 is 0 Å². The van der Waals surface area contributed by atoms with Gasteiger partial charge in [-0.25, -0.2) is 0 Å². The van der Waals surface area contributed by atoms with Crippen molar-refractivity contribution in [1.29, 1.82) is 0 Å². The Balaban J connectivity index is 2.44. The van der Waals surface area contributed by atoms with E-state index in [0.717, 1.165) is 0 Å². The Kier molecular flexibility index (Phi) is 2.73. The molecule has 1 saturated carbocycles. The zero-order valence-corrected chi connectivity index (χ0v) is 7.29. The van der Waals surface area contributed by atoms with Crippen LogP contribution in [-0.4, -0.2) is 40.4 Å². The summed E-state index contributed by atoms with van der Waals surface area (Å²) < 4.78 is 4.84. The van der Waals surface area contributed by atoms with Crippen LogP contribution in [0, 0.1) is 0 Å². The molecule has 1 fully saturated rings. The van der Waals surface area contributed by atoms with Crippen molar-refractivity contribution < 1.29 is 20.1 Å². The number of hydrogen-bond donors (Lipinski definition) is 3. The smallest absolute Gasteiger partial charge is 0.162 e. The molecule has 0 aliphatic heterocycles. The van der Waals surface area contributed by atoms with E-state index in [1.807, 2.05) is 0 Å². The summed E-state index contributed by atoms with van der Waals surface area (Å²) in [6.07, 6.45) is 1.20. The second kappa shape index (κ2) is 3.30. The molecule has 0 unspecified atom stereocenters. The van der Waals surface area contributed by atoms with Gasteiger partial charge < -0.3 is 20.1 Å². The van der Waals surface area contributed by atoms with Gasteiger partial charge in [0.1, 0.15) is 0 Å². The summed E-state index contributed by atoms with van der Waals surface area (Å²) in [5.74, 6) is -1.58. The van der Waals surface area contributed by atoms with E-state index in [-0.39, 0.29) is 19.4 Å². The molecular formula is C8H16O4. The lowest BCUT2D eigenvalue weighted by Gasteiger charge is -2.37. The molecule has 0 radical (unpaired) electrons. The largest absolute Gasteiger partial charge is 0.387 e. The molecule has 0 amide bonds. The van der Waals surface area contributed by atoms with Gasteiger partial charge in [0, 0.05) is 20.0 Å². The number of aliphatic hydroxyl groups is 3. The third-order valence-electron chi connectivity index (χ3n) is 2.39. The van der Waals surface area contributed by atoms with Crippen LogP contribution in [0.4, 0.5) is 0 Å². The van der Waals surface area contributed by atoms with E-state index < -0.39 is 11.4 Å². The van der Waals surface area contributed by atoms with Crippen molar-refractivity contribution in [3.8, 4) is 0 Å². The maximum atomic E-state index is 9.76. The highest BCUT2D eigenvalue weighted by atomic mass is 16.5. The van der Waals surface area contributed by atoms with Crippen LogP contribution >= 0.6 is 0 Å². The molecule has 0 aromatic heterocycles. The highest BCUT2D eigenvalue weighted by molar-refractivity contribution is 4.87. The van der Waals surface area contributed by atoms with Gasteiger partial charge in [-0.2, -0.15) is 0 Å². The van der Waals surface area contributed by atoms with Crippen molar-refractivity contribution >= 4 is 0 Å². The van der Waals surface area contributed by atoms with E-state index >= 15 is 0 Å². The predicted octanol–water partition coefficient (Wildman–Crippen LogP) is -0.381. The Labute approximate surface area is 71.8 Å². The molecule has 1 aliphatic carbocycles. The van der Waals surface area contributed by atoms with Crippen LogP contribution in [0.15, 0.2) is 0 Å². The average molecular weight is 176 g/mol. The summed E-state index contributed by atoms with van der Waals surface area (Å²) in [6.45, 7) is 0.267. The van der Waals surface area contributed by atoms with Gasteiger partial charge in [0.15, 0.2) is 5.79 Å². The second-order valence-electron chi connectivity index (χ2n) is 3.64. The fraction of sp³-hybridized carbons (Fsp3) is 1.00. The van der Waals surface area contributed by atoms with Gasteiger partial charge in [-0.1, -0.05) is 0 Å². The summed E-state index contributed by atoms with van der Waals surface area (Å²) >= 11 is 0. The van der Waals surface area contributed by atoms with E-state index in [9.17, 15) is 15.3 Å². The van der Waals surface area contributed by atoms with Crippen LogP contribution in [-0.2, 0) is 4.74 Å². The summed E-state index contributed by atoms with van der Waals surface area (Å²) in [5, 5.41) is 28.1. The minimum absolute atomic E-state index is 0.215. The molecule has 0 bridgehead atoms. The van der Waals surface area contributed by atoms with Crippen LogP contribution in [0.5, 0.6) is 0 Å². The minimum Gasteiger partial charge on any atom is -0.387 e. The highest BCUT2D eigenvalue weighted by Gasteiger charge is 2.39. The highest BCUT2D eigenvalue weighted by Crippen LogP contribution is 2.33. The Morgan fingerprint density at radius 3 is 2.00 bits per heavy atom. The molecule has 4 nitrogen and oxygen atoms in total. The fourth-order valence-corrected chi connectivity index (χ4v) is 1.53. The van der Waals surface area contributed by atoms with Crippen LogP contribution in [0.2, 0.25) is 0 Å². The number of hydrogen-bond acceptors (Lipinski definition) is 4. The molecule has 0 spiro atoms. The van der Waals surface area contributed by atoms with E-state index in [1.54, 1.807) is 0 Å². The molecule has 0 heterocycles. The molecular weight excluding hydrogens is 160 g/mol. The van der Waals surface area contributed by atoms with Crippen molar-refractivity contribution in [2.45, 2.75) is 37.1 Å². The molecule has 72 valence electrons. The molecule has 1 rings (SSSR count). The summed E-state index contributed by atoms with van der Waals surface area (Å²) in [6, 6.07) is 0. The average Bonchev–Trinajstić information content (AvgIpc) is 1.98. The molecule has 3 N–H and O–H groups in total. The van der Waals surface area contributed by atoms with E-state index in [1.165, 1.54) is 7.11 Å². The van der Waals surface area contributed by atoms with Crippen LogP contribution in [0.25, 0.3) is 0 Å². The molecule has 0 aromatic carbocycles. The van der Waals surface area contributed by atoms with Gasteiger partial charge in [0.2, 0.25) is 0 Å². The standard InChI is InChI=1S/C8H16O4/c1-12-6-7(9)2-4-8(10,11)5-3-7/h9-11H,2-6H2,1H3. The predicted molar refractivity (Wildman–Crippen MR) is 42.5 cm³/mol. The van der Waals surface area contributed by atoms with E-state index in [2.05, 4.69) is 0 Å². The monoisotopic (exact) mass is 176 g/mol. The lowest BCUT2D eigenvalue weighted by Crippen LogP contribution is -2.45. The van der Waals surface area contributed by atoms with Crippen molar-refractivity contribution in [1.82, 2.24) is 0 Å². The Morgan fingerprint density at radius 2 is 1.58 bits per heavy atom. The van der Waals surface area contributed by atoms with E-state index in [0.29, 0.717) is 12.8 Å². The first-order valence-corrected chi connectivity index (χ1v) is 4.14. The first-order valence-electron chi connectivity index (χ1n) is 4.14. The van der Waals surface area contributed by atoms with Crippen molar-refractivity contribution in [3.63, 3.8) is 0 Å². The normalized spacial score (nSPS) is 27.0. The minimum atomic E-state index is -1.58. The van der Waals surface area contributed by atoms with Gasteiger partial charge in [0.25, 0.3) is 0 Å². The Morgan fingerprint density at radius 1 is 1.08 bits per heavy atom. The Bertz CT molecular complexity index is 145. The SMILES string of the molecule is COCC1(O)CCC(O)(O)CC1. The number of rotatable bonds is 2. The lowest BCUT2D eigenvalue weighted by atomic mass is 9.82. The molecule has 1 aliphatic rings. The molecule has 0 saturated heterocycles. The maximum Gasteiger partial charge on any atom is 0.162 e. The number of methoxy groups -OCH3 is 1. The van der Waals surface area contributed by atoms with Gasteiger partial charge >= 0.3 is 0 Å². The van der Waals surface area contributed by atoms with Crippen LogP contribution in [0.3, 0.4) is 0 Å². The summed E-state index contributed by atoms with van der Waals surface area (Å²) in [4.78, 5) is 0. The first kappa shape index (κ1) is 9.92. The molecule has 4 heteroatoms. The molecule has 0 aromatic rings. The second-order valence-corrected chi connectivity index (χ2v) is 3.64. The topological polar surface area (TPSA) is 69.9 Å². The van der Waals surface area contributed by atoms with Crippen molar-refractivity contribution in [3.05, 3.63) is 0 Å². The quantitative estimate of drug-likeness (QED) is 0.501. The summed E-state index contributed by atoms with van der Waals surface area (Å²) in [7, 11) is 1.53. The third-order valence-corrected chi connectivity index (χ3v) is 2.39. The van der Waals surface area contributed by atoms with Gasteiger partial charge in [-0.3, -0.25) is 0 Å². The van der Waals surface area contributed by atoms with Gasteiger partial charge in [0.05, 0.1) is 12.2 Å². The zero-order chi connectivity index (χ0) is 9.24. The van der Waals surface area contributed by atoms with Crippen molar-refractivity contribution in [2.75, 3.05) is 13.7 Å². The summed E-state index contributed by atoms with van der Waals surface area (Å²) in [5.41, 5.74) is -0.857. The van der Waals surface area contributed by atoms with E-state index in [4.69, 9.17) is 4.74 Å². The van der Waals surface area contributed by atoms with Gasteiger partial charge in [-0.05, 0) is 12.8 Å².